The number of pyridine rings is 1. The number of aromatic nitrogens is 2. The van der Waals surface area contributed by atoms with Gasteiger partial charge in [0.1, 0.15) is 5.60 Å². The molecule has 2 aromatic heterocycles. The molecule has 3 aliphatic rings. The van der Waals surface area contributed by atoms with Crippen LogP contribution in [0.3, 0.4) is 0 Å². The van der Waals surface area contributed by atoms with Gasteiger partial charge in [0.15, 0.2) is 5.76 Å². The number of fused-ring (bicyclic) bond motifs is 1. The van der Waals surface area contributed by atoms with Gasteiger partial charge in [-0.05, 0) is 11.6 Å². The van der Waals surface area contributed by atoms with Gasteiger partial charge in [0, 0.05) is 32.1 Å². The lowest BCUT2D eigenvalue weighted by molar-refractivity contribution is -0.143. The Morgan fingerprint density at radius 3 is 3.04 bits per heavy atom. The van der Waals surface area contributed by atoms with E-state index in [1.807, 2.05) is 24.3 Å². The zero-order valence-corrected chi connectivity index (χ0v) is 15.4. The number of hydrogen-bond acceptors (Lipinski definition) is 6. The van der Waals surface area contributed by atoms with Gasteiger partial charge in [0.25, 0.3) is 0 Å². The first-order chi connectivity index (χ1) is 13.6. The second-order valence-electron chi connectivity index (χ2n) is 7.63. The Morgan fingerprint density at radius 2 is 2.29 bits per heavy atom. The molecule has 0 saturated carbocycles. The molecule has 2 saturated heterocycles. The van der Waals surface area contributed by atoms with Crippen molar-refractivity contribution in [1.29, 1.82) is 0 Å². The quantitative estimate of drug-likeness (QED) is 0.720. The molecule has 0 aromatic carbocycles. The van der Waals surface area contributed by atoms with E-state index in [9.17, 15) is 9.59 Å². The van der Waals surface area contributed by atoms with Crippen molar-refractivity contribution in [2.45, 2.75) is 24.8 Å². The lowest BCUT2D eigenvalue weighted by Crippen LogP contribution is -2.44. The van der Waals surface area contributed by atoms with Crippen LogP contribution >= 0.6 is 0 Å². The van der Waals surface area contributed by atoms with E-state index in [1.165, 1.54) is 0 Å². The summed E-state index contributed by atoms with van der Waals surface area (Å²) in [6.45, 7) is 1.22. The number of likely N-dealkylation sites (tertiary alicyclic amines) is 1. The molecule has 0 aliphatic carbocycles. The molecule has 144 valence electrons. The second-order valence-corrected chi connectivity index (χ2v) is 7.63. The highest BCUT2D eigenvalue weighted by Gasteiger charge is 2.67. The Labute approximate surface area is 161 Å². The first-order valence-corrected chi connectivity index (χ1v) is 9.27. The summed E-state index contributed by atoms with van der Waals surface area (Å²) in [4.78, 5) is 33.9. The van der Waals surface area contributed by atoms with Crippen molar-refractivity contribution < 1.29 is 18.8 Å². The summed E-state index contributed by atoms with van der Waals surface area (Å²) in [5.41, 5.74) is 0.244. The molecular weight excluding hydrogens is 360 g/mol. The standard InChI is InChI=1S/C20H20N4O4/c1-23(11-14-5-8-22-28-14)18(25)16-15-4-6-20(27-15)12-24(19(26)17(16)20)10-13-3-2-7-21-9-13/h2-9,15-17H,10-12H2,1H3/t15-,16?,17?,20-/m1/s1. The number of ether oxygens (including phenoxy) is 1. The third-order valence-electron chi connectivity index (χ3n) is 5.82. The molecule has 4 atom stereocenters. The minimum Gasteiger partial charge on any atom is -0.360 e. The van der Waals surface area contributed by atoms with E-state index in [2.05, 4.69) is 10.1 Å². The second kappa shape index (κ2) is 6.27. The molecule has 2 aromatic rings. The van der Waals surface area contributed by atoms with Crippen molar-refractivity contribution in [3.05, 3.63) is 60.3 Å². The lowest BCUT2D eigenvalue weighted by atomic mass is 9.76. The van der Waals surface area contributed by atoms with Gasteiger partial charge >= 0.3 is 0 Å². The molecule has 2 bridgehead atoms. The van der Waals surface area contributed by atoms with Crippen LogP contribution in [0.2, 0.25) is 0 Å². The maximum absolute atomic E-state index is 13.2. The van der Waals surface area contributed by atoms with Crippen molar-refractivity contribution >= 4 is 11.8 Å². The molecule has 2 amide bonds. The fourth-order valence-electron chi connectivity index (χ4n) is 4.60. The zero-order valence-electron chi connectivity index (χ0n) is 15.4. The molecule has 28 heavy (non-hydrogen) atoms. The average Bonchev–Trinajstić information content (AvgIpc) is 3.45. The third kappa shape index (κ3) is 2.56. The normalized spacial score (nSPS) is 30.1. The summed E-state index contributed by atoms with van der Waals surface area (Å²) >= 11 is 0. The summed E-state index contributed by atoms with van der Waals surface area (Å²) < 4.78 is 11.3. The largest absolute Gasteiger partial charge is 0.360 e. The van der Waals surface area contributed by atoms with Gasteiger partial charge in [0.2, 0.25) is 11.8 Å². The molecule has 8 nitrogen and oxygen atoms in total. The van der Waals surface area contributed by atoms with E-state index in [0.717, 1.165) is 5.56 Å². The van der Waals surface area contributed by atoms with Gasteiger partial charge in [-0.2, -0.15) is 0 Å². The molecular formula is C20H20N4O4. The molecule has 0 radical (unpaired) electrons. The number of amides is 2. The molecule has 2 unspecified atom stereocenters. The van der Waals surface area contributed by atoms with Crippen LogP contribution in [0.15, 0.2) is 53.5 Å². The van der Waals surface area contributed by atoms with Gasteiger partial charge in [-0.25, -0.2) is 0 Å². The van der Waals surface area contributed by atoms with Crippen LogP contribution in [-0.4, -0.2) is 57.1 Å². The number of rotatable bonds is 5. The highest BCUT2D eigenvalue weighted by atomic mass is 16.5. The van der Waals surface area contributed by atoms with Gasteiger partial charge in [0.05, 0.1) is 37.2 Å². The summed E-state index contributed by atoms with van der Waals surface area (Å²) in [6, 6.07) is 5.51. The van der Waals surface area contributed by atoms with Crippen LogP contribution in [-0.2, 0) is 27.4 Å². The molecule has 8 heteroatoms. The van der Waals surface area contributed by atoms with Crippen LogP contribution < -0.4 is 0 Å². The summed E-state index contributed by atoms with van der Waals surface area (Å²) in [7, 11) is 1.71. The Balaban J connectivity index is 1.37. The predicted molar refractivity (Wildman–Crippen MR) is 96.4 cm³/mol. The summed E-state index contributed by atoms with van der Waals surface area (Å²) in [5.74, 6) is -0.578. The van der Waals surface area contributed by atoms with E-state index in [0.29, 0.717) is 25.4 Å². The fraction of sp³-hybridized carbons (Fsp3) is 0.400. The monoisotopic (exact) mass is 380 g/mol. The topological polar surface area (TPSA) is 88.8 Å². The van der Waals surface area contributed by atoms with E-state index >= 15 is 0 Å². The van der Waals surface area contributed by atoms with Gasteiger partial charge < -0.3 is 19.1 Å². The lowest BCUT2D eigenvalue weighted by Gasteiger charge is -2.27. The number of nitrogens with zero attached hydrogens (tertiary/aromatic N) is 4. The minimum atomic E-state index is -0.711. The van der Waals surface area contributed by atoms with Crippen molar-refractivity contribution in [3.8, 4) is 0 Å². The zero-order chi connectivity index (χ0) is 19.3. The predicted octanol–water partition coefficient (Wildman–Crippen LogP) is 1.01. The highest BCUT2D eigenvalue weighted by Crippen LogP contribution is 2.52. The van der Waals surface area contributed by atoms with Crippen LogP contribution in [0.5, 0.6) is 0 Å². The van der Waals surface area contributed by atoms with Crippen molar-refractivity contribution in [1.82, 2.24) is 19.9 Å². The van der Waals surface area contributed by atoms with Gasteiger partial charge in [-0.15, -0.1) is 0 Å². The van der Waals surface area contributed by atoms with Crippen molar-refractivity contribution in [2.24, 2.45) is 11.8 Å². The maximum Gasteiger partial charge on any atom is 0.230 e. The first kappa shape index (κ1) is 17.1. The maximum atomic E-state index is 13.2. The molecule has 5 rings (SSSR count). The molecule has 3 aliphatic heterocycles. The highest BCUT2D eigenvalue weighted by molar-refractivity contribution is 5.93. The Bertz CT molecular complexity index is 929. The smallest absolute Gasteiger partial charge is 0.230 e. The molecule has 1 spiro atoms. The Morgan fingerprint density at radius 1 is 1.39 bits per heavy atom. The molecule has 2 fully saturated rings. The summed E-state index contributed by atoms with van der Waals surface area (Å²) in [5, 5.41) is 3.67. The summed E-state index contributed by atoms with van der Waals surface area (Å²) in [6.07, 6.45) is 8.52. The van der Waals surface area contributed by atoms with E-state index in [-0.39, 0.29) is 17.9 Å². The van der Waals surface area contributed by atoms with Gasteiger partial charge in [-0.1, -0.05) is 23.4 Å². The van der Waals surface area contributed by atoms with Crippen LogP contribution in [0.25, 0.3) is 0 Å². The number of carbonyl (C=O) groups excluding carboxylic acids is 2. The fourth-order valence-corrected chi connectivity index (χ4v) is 4.60. The molecule has 5 heterocycles. The van der Waals surface area contributed by atoms with Crippen molar-refractivity contribution in [3.63, 3.8) is 0 Å². The number of hydrogen-bond donors (Lipinski definition) is 0. The first-order valence-electron chi connectivity index (χ1n) is 9.27. The SMILES string of the molecule is CN(Cc1ccno1)C(=O)C1C2C(=O)N(Cc3cccnc3)C[C@]23C=C[C@H]1O3. The minimum absolute atomic E-state index is 0.0397. The van der Waals surface area contributed by atoms with E-state index < -0.39 is 17.4 Å². The van der Waals surface area contributed by atoms with Crippen molar-refractivity contribution in [2.75, 3.05) is 13.6 Å². The van der Waals surface area contributed by atoms with E-state index in [4.69, 9.17) is 9.26 Å². The Kier molecular flexibility index (Phi) is 3.83. The number of carbonyl (C=O) groups is 2. The van der Waals surface area contributed by atoms with Gasteiger partial charge in [-0.3, -0.25) is 14.6 Å². The van der Waals surface area contributed by atoms with E-state index in [1.54, 1.807) is 41.5 Å². The molecule has 0 N–H and O–H groups in total. The third-order valence-corrected chi connectivity index (χ3v) is 5.82. The van der Waals surface area contributed by atoms with Crippen LogP contribution in [0.4, 0.5) is 0 Å². The van der Waals surface area contributed by atoms with Crippen LogP contribution in [0, 0.1) is 11.8 Å². The van der Waals surface area contributed by atoms with Crippen LogP contribution in [0.1, 0.15) is 11.3 Å². The Hall–Kier alpha value is -3.00. The average molecular weight is 380 g/mol.